The molecule has 1 amide bonds. The lowest BCUT2D eigenvalue weighted by atomic mass is 10.0. The van der Waals surface area contributed by atoms with Gasteiger partial charge in [0.1, 0.15) is 11.9 Å². The second kappa shape index (κ2) is 5.74. The number of nitrogens with zero attached hydrogens (tertiary/aromatic N) is 1. The van der Waals surface area contributed by atoms with Crippen LogP contribution < -0.4 is 10.2 Å². The summed E-state index contributed by atoms with van der Waals surface area (Å²) in [6, 6.07) is 24.0. The highest BCUT2D eigenvalue weighted by atomic mass is 16.3. The minimum absolute atomic E-state index is 0.0476. The van der Waals surface area contributed by atoms with Crippen molar-refractivity contribution < 1.29 is 9.90 Å². The summed E-state index contributed by atoms with van der Waals surface area (Å²) in [7, 11) is 0. The van der Waals surface area contributed by atoms with Crippen molar-refractivity contribution in [1.82, 2.24) is 0 Å². The normalized spacial score (nSPS) is 16.4. The lowest BCUT2D eigenvalue weighted by Gasteiger charge is -2.38. The molecule has 3 aromatic rings. The van der Waals surface area contributed by atoms with Crippen molar-refractivity contribution in [1.29, 1.82) is 0 Å². The van der Waals surface area contributed by atoms with E-state index >= 15 is 0 Å². The number of carbonyl (C=O) groups is 1. The molecule has 0 unspecified atom stereocenters. The number of rotatable bonds is 2. The van der Waals surface area contributed by atoms with Crippen LogP contribution in [0.4, 0.5) is 11.4 Å². The molecular weight excluding hydrogens is 300 g/mol. The first-order valence-corrected chi connectivity index (χ1v) is 7.77. The molecule has 1 atom stereocenters. The predicted molar refractivity (Wildman–Crippen MR) is 94.2 cm³/mol. The van der Waals surface area contributed by atoms with Crippen molar-refractivity contribution in [2.75, 3.05) is 10.2 Å². The molecule has 3 aromatic carbocycles. The van der Waals surface area contributed by atoms with Gasteiger partial charge in [-0.15, -0.1) is 0 Å². The standard InChI is InChI=1S/C20H16N2O2/c23-16-12-10-14(11-13-16)19-21-18-9-5-4-8-17(18)20(24)22(19)15-6-2-1-3-7-15/h1-13,19,21,23H/t19-/m0/s1. The van der Waals surface area contributed by atoms with E-state index in [9.17, 15) is 9.90 Å². The highest BCUT2D eigenvalue weighted by Gasteiger charge is 2.33. The second-order valence-electron chi connectivity index (χ2n) is 5.69. The van der Waals surface area contributed by atoms with Crippen LogP contribution in [-0.2, 0) is 0 Å². The number of carbonyl (C=O) groups excluding carboxylic acids is 1. The molecule has 0 spiro atoms. The molecule has 1 aliphatic rings. The average molecular weight is 316 g/mol. The number of phenols is 1. The van der Waals surface area contributed by atoms with Gasteiger partial charge in [0.15, 0.2) is 0 Å². The molecule has 4 rings (SSSR count). The van der Waals surface area contributed by atoms with Gasteiger partial charge in [0.2, 0.25) is 0 Å². The highest BCUT2D eigenvalue weighted by Crippen LogP contribution is 2.36. The third kappa shape index (κ3) is 2.38. The van der Waals surface area contributed by atoms with E-state index in [1.807, 2.05) is 66.7 Å². The quantitative estimate of drug-likeness (QED) is 0.746. The van der Waals surface area contributed by atoms with Crippen LogP contribution in [0.15, 0.2) is 78.9 Å². The van der Waals surface area contributed by atoms with E-state index in [1.54, 1.807) is 17.0 Å². The molecule has 1 heterocycles. The van der Waals surface area contributed by atoms with Crippen LogP contribution in [0.5, 0.6) is 5.75 Å². The van der Waals surface area contributed by atoms with Crippen molar-refractivity contribution in [2.24, 2.45) is 0 Å². The summed E-state index contributed by atoms with van der Waals surface area (Å²) in [6.45, 7) is 0. The summed E-state index contributed by atoms with van der Waals surface area (Å²) < 4.78 is 0. The molecule has 0 saturated heterocycles. The number of benzene rings is 3. The van der Waals surface area contributed by atoms with Crippen LogP contribution in [0, 0.1) is 0 Å². The molecular formula is C20H16N2O2. The Hall–Kier alpha value is -3.27. The smallest absolute Gasteiger partial charge is 0.262 e. The Kier molecular flexibility index (Phi) is 3.43. The second-order valence-corrected chi connectivity index (χ2v) is 5.69. The lowest BCUT2D eigenvalue weighted by Crippen LogP contribution is -2.43. The molecule has 1 aliphatic heterocycles. The van der Waals surface area contributed by atoms with Crippen molar-refractivity contribution in [2.45, 2.75) is 6.17 Å². The summed E-state index contributed by atoms with van der Waals surface area (Å²) in [4.78, 5) is 14.8. The van der Waals surface area contributed by atoms with Crippen LogP contribution in [0.25, 0.3) is 0 Å². The van der Waals surface area contributed by atoms with Crippen LogP contribution >= 0.6 is 0 Å². The van der Waals surface area contributed by atoms with Gasteiger partial charge >= 0.3 is 0 Å². The summed E-state index contributed by atoms with van der Waals surface area (Å²) in [5.74, 6) is 0.154. The minimum atomic E-state index is -0.338. The SMILES string of the molecule is O=C1c2ccccc2N[C@H](c2ccc(O)cc2)N1c1ccccc1. The Bertz CT molecular complexity index is 876. The lowest BCUT2D eigenvalue weighted by molar-refractivity contribution is 0.0975. The first-order chi connectivity index (χ1) is 11.7. The molecule has 2 N–H and O–H groups in total. The van der Waals surface area contributed by atoms with Gasteiger partial charge in [-0.3, -0.25) is 9.69 Å². The number of anilines is 2. The van der Waals surface area contributed by atoms with Crippen molar-refractivity contribution >= 4 is 17.3 Å². The van der Waals surface area contributed by atoms with Gasteiger partial charge in [-0.25, -0.2) is 0 Å². The number of hydrogen-bond acceptors (Lipinski definition) is 3. The van der Waals surface area contributed by atoms with E-state index in [-0.39, 0.29) is 17.8 Å². The Balaban J connectivity index is 1.86. The Labute approximate surface area is 140 Å². The van der Waals surface area contributed by atoms with E-state index in [4.69, 9.17) is 0 Å². The molecule has 24 heavy (non-hydrogen) atoms. The maximum absolute atomic E-state index is 13.1. The number of hydrogen-bond donors (Lipinski definition) is 2. The summed E-state index contributed by atoms with van der Waals surface area (Å²) in [5.41, 5.74) is 3.19. The minimum Gasteiger partial charge on any atom is -0.508 e. The van der Waals surface area contributed by atoms with Crippen LogP contribution in [-0.4, -0.2) is 11.0 Å². The van der Waals surface area contributed by atoms with E-state index in [0.717, 1.165) is 16.9 Å². The molecule has 0 aliphatic carbocycles. The summed E-state index contributed by atoms with van der Waals surface area (Å²) >= 11 is 0. The molecule has 4 nitrogen and oxygen atoms in total. The van der Waals surface area contributed by atoms with Gasteiger partial charge in [0, 0.05) is 11.4 Å². The Morgan fingerprint density at radius 1 is 0.833 bits per heavy atom. The van der Waals surface area contributed by atoms with Gasteiger partial charge in [-0.1, -0.05) is 42.5 Å². The average Bonchev–Trinajstić information content (AvgIpc) is 2.63. The highest BCUT2D eigenvalue weighted by molar-refractivity contribution is 6.12. The van der Waals surface area contributed by atoms with E-state index in [2.05, 4.69) is 5.32 Å². The van der Waals surface area contributed by atoms with E-state index < -0.39 is 0 Å². The number of para-hydroxylation sites is 2. The van der Waals surface area contributed by atoms with Crippen molar-refractivity contribution in [3.8, 4) is 5.75 Å². The molecule has 118 valence electrons. The van der Waals surface area contributed by atoms with Gasteiger partial charge in [0.25, 0.3) is 5.91 Å². The van der Waals surface area contributed by atoms with E-state index in [0.29, 0.717) is 5.56 Å². The zero-order valence-corrected chi connectivity index (χ0v) is 12.9. The van der Waals surface area contributed by atoms with Gasteiger partial charge in [-0.2, -0.15) is 0 Å². The van der Waals surface area contributed by atoms with Gasteiger partial charge in [0.05, 0.1) is 5.56 Å². The molecule has 0 aromatic heterocycles. The van der Waals surface area contributed by atoms with Gasteiger partial charge < -0.3 is 10.4 Å². The van der Waals surface area contributed by atoms with Crippen LogP contribution in [0.2, 0.25) is 0 Å². The molecule has 4 heteroatoms. The fraction of sp³-hybridized carbons (Fsp3) is 0.0500. The first kappa shape index (κ1) is 14.3. The molecule has 0 radical (unpaired) electrons. The molecule has 0 fully saturated rings. The zero-order chi connectivity index (χ0) is 16.5. The number of fused-ring (bicyclic) bond motifs is 1. The number of nitrogens with one attached hydrogen (secondary N) is 1. The third-order valence-electron chi connectivity index (χ3n) is 4.17. The topological polar surface area (TPSA) is 52.6 Å². The summed E-state index contributed by atoms with van der Waals surface area (Å²) in [5, 5.41) is 13.0. The predicted octanol–water partition coefficient (Wildman–Crippen LogP) is 4.16. The first-order valence-electron chi connectivity index (χ1n) is 7.77. The fourth-order valence-electron chi connectivity index (χ4n) is 3.00. The Morgan fingerprint density at radius 3 is 2.25 bits per heavy atom. The number of phenolic OH excluding ortho intramolecular Hbond substituents is 1. The van der Waals surface area contributed by atoms with Crippen molar-refractivity contribution in [3.63, 3.8) is 0 Å². The van der Waals surface area contributed by atoms with Gasteiger partial charge in [-0.05, 0) is 42.0 Å². The monoisotopic (exact) mass is 316 g/mol. The van der Waals surface area contributed by atoms with E-state index in [1.165, 1.54) is 0 Å². The fourth-order valence-corrected chi connectivity index (χ4v) is 3.00. The van der Waals surface area contributed by atoms with Crippen molar-refractivity contribution in [3.05, 3.63) is 90.0 Å². The largest absolute Gasteiger partial charge is 0.508 e. The Morgan fingerprint density at radius 2 is 1.50 bits per heavy atom. The number of amides is 1. The summed E-state index contributed by atoms with van der Waals surface area (Å²) in [6.07, 6.45) is -0.338. The maximum atomic E-state index is 13.1. The maximum Gasteiger partial charge on any atom is 0.262 e. The zero-order valence-electron chi connectivity index (χ0n) is 12.9. The van der Waals surface area contributed by atoms with Crippen LogP contribution in [0.3, 0.4) is 0 Å². The molecule has 0 saturated carbocycles. The number of aromatic hydroxyl groups is 1. The van der Waals surface area contributed by atoms with Crippen LogP contribution in [0.1, 0.15) is 22.1 Å². The third-order valence-corrected chi connectivity index (χ3v) is 4.17. The molecule has 0 bridgehead atoms.